The zero-order valence-electron chi connectivity index (χ0n) is 5.80. The van der Waals surface area contributed by atoms with Gasteiger partial charge < -0.3 is 4.42 Å². The van der Waals surface area contributed by atoms with Crippen molar-refractivity contribution in [3.05, 3.63) is 29.7 Å². The summed E-state index contributed by atoms with van der Waals surface area (Å²) in [6, 6.07) is 3.84. The molecule has 54 valence electrons. The first-order valence-corrected chi connectivity index (χ1v) is 3.65. The highest BCUT2D eigenvalue weighted by Crippen LogP contribution is 2.07. The van der Waals surface area contributed by atoms with Gasteiger partial charge in [0, 0.05) is 5.88 Å². The van der Waals surface area contributed by atoms with Crippen molar-refractivity contribution in [3.8, 4) is 0 Å². The highest BCUT2D eigenvalue weighted by atomic mass is 35.5. The van der Waals surface area contributed by atoms with E-state index in [2.05, 4.69) is 0 Å². The lowest BCUT2D eigenvalue weighted by Gasteiger charge is -1.81. The van der Waals surface area contributed by atoms with Gasteiger partial charge in [0.15, 0.2) is 0 Å². The first kappa shape index (κ1) is 7.42. The summed E-state index contributed by atoms with van der Waals surface area (Å²) in [4.78, 5) is 0. The number of hydrogen-bond acceptors (Lipinski definition) is 1. The zero-order valence-corrected chi connectivity index (χ0v) is 6.56. The highest BCUT2D eigenvalue weighted by molar-refractivity contribution is 6.19. The summed E-state index contributed by atoms with van der Waals surface area (Å²) in [5, 5.41) is 0. The molecule has 0 aromatic carbocycles. The van der Waals surface area contributed by atoms with E-state index in [0.717, 1.165) is 11.5 Å². The number of halogens is 1. The van der Waals surface area contributed by atoms with Gasteiger partial charge in [-0.1, -0.05) is 6.08 Å². The summed E-state index contributed by atoms with van der Waals surface area (Å²) in [6.07, 6.45) is 3.71. The van der Waals surface area contributed by atoms with Crippen molar-refractivity contribution in [3.63, 3.8) is 0 Å². The Balaban J connectivity index is 2.67. The van der Waals surface area contributed by atoms with Crippen molar-refractivity contribution < 1.29 is 4.42 Å². The fraction of sp³-hybridized carbons (Fsp3) is 0.250. The molecule has 2 heteroatoms. The van der Waals surface area contributed by atoms with E-state index in [4.69, 9.17) is 16.0 Å². The van der Waals surface area contributed by atoms with E-state index in [1.807, 2.05) is 31.2 Å². The molecule has 1 heterocycles. The van der Waals surface area contributed by atoms with Crippen molar-refractivity contribution >= 4 is 17.7 Å². The van der Waals surface area contributed by atoms with Crippen LogP contribution in [0.5, 0.6) is 0 Å². The minimum absolute atomic E-state index is 0.528. The lowest BCUT2D eigenvalue weighted by molar-refractivity contribution is 0.525. The second-order valence-corrected chi connectivity index (χ2v) is 2.31. The number of aryl methyl sites for hydroxylation is 1. The zero-order chi connectivity index (χ0) is 7.40. The van der Waals surface area contributed by atoms with Gasteiger partial charge in [-0.3, -0.25) is 0 Å². The van der Waals surface area contributed by atoms with Gasteiger partial charge in [0.1, 0.15) is 11.5 Å². The first-order valence-electron chi connectivity index (χ1n) is 3.12. The monoisotopic (exact) mass is 156 g/mol. The number of allylic oxidation sites excluding steroid dienone is 1. The van der Waals surface area contributed by atoms with Crippen LogP contribution in [0.3, 0.4) is 0 Å². The van der Waals surface area contributed by atoms with E-state index >= 15 is 0 Å². The van der Waals surface area contributed by atoms with Crippen LogP contribution < -0.4 is 0 Å². The van der Waals surface area contributed by atoms with E-state index in [0.29, 0.717) is 5.88 Å². The van der Waals surface area contributed by atoms with Crippen LogP contribution in [0.15, 0.2) is 22.6 Å². The maximum Gasteiger partial charge on any atom is 0.126 e. The number of alkyl halides is 1. The van der Waals surface area contributed by atoms with Gasteiger partial charge in [-0.15, -0.1) is 11.6 Å². The minimum Gasteiger partial charge on any atom is -0.462 e. The summed E-state index contributed by atoms with van der Waals surface area (Å²) >= 11 is 5.43. The molecule has 1 aromatic rings. The van der Waals surface area contributed by atoms with E-state index in [-0.39, 0.29) is 0 Å². The molecule has 0 atom stereocenters. The van der Waals surface area contributed by atoms with Gasteiger partial charge in [0.25, 0.3) is 0 Å². The molecule has 0 aliphatic rings. The average molecular weight is 157 g/mol. The summed E-state index contributed by atoms with van der Waals surface area (Å²) < 4.78 is 5.24. The molecule has 10 heavy (non-hydrogen) atoms. The van der Waals surface area contributed by atoms with Gasteiger partial charge in [-0.05, 0) is 25.1 Å². The number of furan rings is 1. The average Bonchev–Trinajstić information content (AvgIpc) is 2.31. The summed E-state index contributed by atoms with van der Waals surface area (Å²) in [6.45, 7) is 1.91. The van der Waals surface area contributed by atoms with Crippen LogP contribution in [0.2, 0.25) is 0 Å². The predicted molar refractivity (Wildman–Crippen MR) is 43.2 cm³/mol. The Morgan fingerprint density at radius 3 is 2.90 bits per heavy atom. The molecular formula is C8H9ClO. The summed E-state index contributed by atoms with van der Waals surface area (Å²) in [5.41, 5.74) is 0. The third-order valence-electron chi connectivity index (χ3n) is 1.13. The normalized spacial score (nSPS) is 11.0. The molecule has 0 amide bonds. The Bertz CT molecular complexity index is 225. The molecule has 0 unspecified atom stereocenters. The minimum atomic E-state index is 0.528. The van der Waals surface area contributed by atoms with Gasteiger partial charge in [0.05, 0.1) is 0 Å². The Hall–Kier alpha value is -0.690. The molecule has 0 saturated carbocycles. The molecular weight excluding hydrogens is 148 g/mol. The number of hydrogen-bond donors (Lipinski definition) is 0. The van der Waals surface area contributed by atoms with Gasteiger partial charge in [-0.25, -0.2) is 0 Å². The molecule has 0 radical (unpaired) electrons. The third kappa shape index (κ3) is 1.92. The Kier molecular flexibility index (Phi) is 2.57. The van der Waals surface area contributed by atoms with Crippen LogP contribution in [0.4, 0.5) is 0 Å². The fourth-order valence-electron chi connectivity index (χ4n) is 0.704. The molecule has 0 aliphatic carbocycles. The van der Waals surface area contributed by atoms with E-state index in [1.54, 1.807) is 0 Å². The molecule has 1 aromatic heterocycles. The number of rotatable bonds is 2. The van der Waals surface area contributed by atoms with Crippen LogP contribution in [0.25, 0.3) is 6.08 Å². The quantitative estimate of drug-likeness (QED) is 0.601. The van der Waals surface area contributed by atoms with E-state index in [9.17, 15) is 0 Å². The lowest BCUT2D eigenvalue weighted by Crippen LogP contribution is -1.62. The van der Waals surface area contributed by atoms with Crippen LogP contribution in [0.1, 0.15) is 11.5 Å². The third-order valence-corrected chi connectivity index (χ3v) is 1.31. The molecule has 0 saturated heterocycles. The molecule has 1 rings (SSSR count). The van der Waals surface area contributed by atoms with E-state index in [1.165, 1.54) is 0 Å². The second kappa shape index (κ2) is 3.47. The van der Waals surface area contributed by atoms with Crippen LogP contribution in [-0.2, 0) is 0 Å². The molecule has 0 bridgehead atoms. The summed E-state index contributed by atoms with van der Waals surface area (Å²) in [7, 11) is 0. The van der Waals surface area contributed by atoms with Crippen molar-refractivity contribution in [1.82, 2.24) is 0 Å². The molecule has 1 nitrogen and oxygen atoms in total. The summed E-state index contributed by atoms with van der Waals surface area (Å²) in [5.74, 6) is 2.31. The molecule has 0 fully saturated rings. The largest absolute Gasteiger partial charge is 0.462 e. The van der Waals surface area contributed by atoms with Crippen molar-refractivity contribution in [2.45, 2.75) is 6.92 Å². The van der Waals surface area contributed by atoms with Gasteiger partial charge in [-0.2, -0.15) is 0 Å². The Labute approximate surface area is 65.3 Å². The van der Waals surface area contributed by atoms with Crippen LogP contribution in [0, 0.1) is 6.92 Å². The predicted octanol–water partition coefficient (Wildman–Crippen LogP) is 2.84. The van der Waals surface area contributed by atoms with E-state index < -0.39 is 0 Å². The van der Waals surface area contributed by atoms with Crippen molar-refractivity contribution in [2.24, 2.45) is 0 Å². The smallest absolute Gasteiger partial charge is 0.126 e. The van der Waals surface area contributed by atoms with Crippen molar-refractivity contribution in [1.29, 1.82) is 0 Å². The second-order valence-electron chi connectivity index (χ2n) is 2.01. The van der Waals surface area contributed by atoms with Crippen LogP contribution in [-0.4, -0.2) is 5.88 Å². The van der Waals surface area contributed by atoms with Crippen LogP contribution >= 0.6 is 11.6 Å². The maximum atomic E-state index is 5.43. The lowest BCUT2D eigenvalue weighted by atomic mass is 10.4. The van der Waals surface area contributed by atoms with Crippen molar-refractivity contribution in [2.75, 3.05) is 5.88 Å². The Morgan fingerprint density at radius 1 is 1.60 bits per heavy atom. The standard InChI is InChI=1S/C8H9ClO/c1-7-4-5-8(10-7)3-2-6-9/h2-5H,6H2,1H3/b3-2+. The Morgan fingerprint density at radius 2 is 2.40 bits per heavy atom. The SMILES string of the molecule is Cc1ccc(/C=C/CCl)o1. The highest BCUT2D eigenvalue weighted by Gasteiger charge is 1.90. The maximum absolute atomic E-state index is 5.43. The fourth-order valence-corrected chi connectivity index (χ4v) is 0.793. The molecule has 0 spiro atoms. The molecule has 0 aliphatic heterocycles. The van der Waals surface area contributed by atoms with Gasteiger partial charge >= 0.3 is 0 Å². The topological polar surface area (TPSA) is 13.1 Å². The molecule has 0 N–H and O–H groups in total. The first-order chi connectivity index (χ1) is 4.83. The van der Waals surface area contributed by atoms with Gasteiger partial charge in [0.2, 0.25) is 0 Å².